The highest BCUT2D eigenvalue weighted by Crippen LogP contribution is 2.22. The molecule has 0 spiro atoms. The Balaban J connectivity index is 2.39. The lowest BCUT2D eigenvalue weighted by Gasteiger charge is -2.19. The zero-order chi connectivity index (χ0) is 10.4. The molecule has 3 heteroatoms. The van der Waals surface area contributed by atoms with Gasteiger partial charge in [0.15, 0.2) is 5.79 Å². The number of rotatable bonds is 4. The van der Waals surface area contributed by atoms with Crippen LogP contribution < -0.4 is 0 Å². The summed E-state index contributed by atoms with van der Waals surface area (Å²) in [6, 6.07) is 0. The molecule has 0 amide bonds. The molecule has 0 N–H and O–H groups in total. The van der Waals surface area contributed by atoms with Crippen molar-refractivity contribution in [3.05, 3.63) is 23.8 Å². The van der Waals surface area contributed by atoms with Gasteiger partial charge in [0, 0.05) is 6.42 Å². The Hall–Kier alpha value is -0.930. The SMILES string of the molecule is CC(C=CCC1(C)OCCO1)=CC=O. The molecular formula is C11H16O3. The van der Waals surface area contributed by atoms with Gasteiger partial charge in [-0.3, -0.25) is 4.79 Å². The van der Waals surface area contributed by atoms with Gasteiger partial charge in [0.05, 0.1) is 13.2 Å². The molecule has 0 aromatic rings. The van der Waals surface area contributed by atoms with Crippen molar-refractivity contribution in [2.45, 2.75) is 26.1 Å². The van der Waals surface area contributed by atoms with Gasteiger partial charge in [-0.05, 0) is 25.5 Å². The molecule has 78 valence electrons. The molecule has 0 saturated carbocycles. The first-order chi connectivity index (χ1) is 6.66. The molecule has 1 aliphatic heterocycles. The van der Waals surface area contributed by atoms with Crippen LogP contribution in [0.25, 0.3) is 0 Å². The van der Waals surface area contributed by atoms with Gasteiger partial charge in [0.1, 0.15) is 6.29 Å². The van der Waals surface area contributed by atoms with E-state index in [0.29, 0.717) is 19.6 Å². The quantitative estimate of drug-likeness (QED) is 0.391. The largest absolute Gasteiger partial charge is 0.348 e. The van der Waals surface area contributed by atoms with Gasteiger partial charge in [0.2, 0.25) is 0 Å². The molecule has 0 atom stereocenters. The number of ether oxygens (including phenoxy) is 2. The Bertz CT molecular complexity index is 247. The van der Waals surface area contributed by atoms with Crippen LogP contribution in [0.3, 0.4) is 0 Å². The number of carbonyl (C=O) groups is 1. The Labute approximate surface area is 84.4 Å². The van der Waals surface area contributed by atoms with Crippen LogP contribution in [-0.2, 0) is 14.3 Å². The van der Waals surface area contributed by atoms with Gasteiger partial charge in [-0.2, -0.15) is 0 Å². The molecular weight excluding hydrogens is 180 g/mol. The summed E-state index contributed by atoms with van der Waals surface area (Å²) in [5.74, 6) is -0.474. The molecule has 0 radical (unpaired) electrons. The highest BCUT2D eigenvalue weighted by atomic mass is 16.7. The molecule has 0 aromatic heterocycles. The third-order valence-corrected chi connectivity index (χ3v) is 2.10. The molecule has 0 aliphatic carbocycles. The summed E-state index contributed by atoms with van der Waals surface area (Å²) in [6.45, 7) is 5.12. The van der Waals surface area contributed by atoms with Crippen molar-refractivity contribution in [1.29, 1.82) is 0 Å². The molecule has 14 heavy (non-hydrogen) atoms. The number of aldehydes is 1. The van der Waals surface area contributed by atoms with Crippen LogP contribution in [0.1, 0.15) is 20.3 Å². The second-order valence-electron chi connectivity index (χ2n) is 3.48. The Morgan fingerprint density at radius 2 is 2.07 bits per heavy atom. The average Bonchev–Trinajstić information content (AvgIpc) is 2.53. The molecule has 1 rings (SSSR count). The Morgan fingerprint density at radius 3 is 2.64 bits per heavy atom. The summed E-state index contributed by atoms with van der Waals surface area (Å²) in [5, 5.41) is 0. The van der Waals surface area contributed by atoms with Crippen molar-refractivity contribution in [3.8, 4) is 0 Å². The molecule has 1 heterocycles. The van der Waals surface area contributed by atoms with E-state index >= 15 is 0 Å². The highest BCUT2D eigenvalue weighted by Gasteiger charge is 2.28. The van der Waals surface area contributed by atoms with E-state index in [9.17, 15) is 4.79 Å². The number of carbonyl (C=O) groups excluding carboxylic acids is 1. The third-order valence-electron chi connectivity index (χ3n) is 2.10. The first kappa shape index (κ1) is 11.1. The average molecular weight is 196 g/mol. The van der Waals surface area contributed by atoms with Crippen molar-refractivity contribution in [2.24, 2.45) is 0 Å². The normalized spacial score (nSPS) is 21.7. The van der Waals surface area contributed by atoms with E-state index in [-0.39, 0.29) is 0 Å². The van der Waals surface area contributed by atoms with Crippen LogP contribution in [0.4, 0.5) is 0 Å². The minimum atomic E-state index is -0.474. The zero-order valence-corrected chi connectivity index (χ0v) is 8.66. The summed E-state index contributed by atoms with van der Waals surface area (Å²) >= 11 is 0. The van der Waals surface area contributed by atoms with E-state index in [1.807, 2.05) is 26.0 Å². The summed E-state index contributed by atoms with van der Waals surface area (Å²) in [6.07, 6.45) is 6.86. The van der Waals surface area contributed by atoms with Gasteiger partial charge in [-0.15, -0.1) is 0 Å². The van der Waals surface area contributed by atoms with Crippen molar-refractivity contribution < 1.29 is 14.3 Å². The van der Waals surface area contributed by atoms with Crippen molar-refractivity contribution in [1.82, 2.24) is 0 Å². The van der Waals surface area contributed by atoms with Gasteiger partial charge in [-0.25, -0.2) is 0 Å². The lowest BCUT2D eigenvalue weighted by molar-refractivity contribution is -0.138. The van der Waals surface area contributed by atoms with Crippen molar-refractivity contribution >= 4 is 6.29 Å². The van der Waals surface area contributed by atoms with Crippen molar-refractivity contribution in [2.75, 3.05) is 13.2 Å². The fraction of sp³-hybridized carbons (Fsp3) is 0.545. The fourth-order valence-corrected chi connectivity index (χ4v) is 1.30. The summed E-state index contributed by atoms with van der Waals surface area (Å²) in [5.41, 5.74) is 0.932. The summed E-state index contributed by atoms with van der Waals surface area (Å²) in [7, 11) is 0. The predicted octanol–water partition coefficient (Wildman–Crippen LogP) is 1.84. The van der Waals surface area contributed by atoms with Crippen LogP contribution >= 0.6 is 0 Å². The van der Waals surface area contributed by atoms with E-state index in [0.717, 1.165) is 11.9 Å². The Morgan fingerprint density at radius 1 is 1.43 bits per heavy atom. The van der Waals surface area contributed by atoms with E-state index in [4.69, 9.17) is 9.47 Å². The van der Waals surface area contributed by atoms with E-state index in [2.05, 4.69) is 0 Å². The number of allylic oxidation sites excluding steroid dienone is 3. The van der Waals surface area contributed by atoms with Gasteiger partial charge in [-0.1, -0.05) is 12.2 Å². The number of hydrogen-bond acceptors (Lipinski definition) is 3. The van der Waals surface area contributed by atoms with Gasteiger partial charge < -0.3 is 9.47 Å². The second kappa shape index (κ2) is 5.08. The monoisotopic (exact) mass is 196 g/mol. The summed E-state index contributed by atoms with van der Waals surface area (Å²) < 4.78 is 10.8. The Kier molecular flexibility index (Phi) is 4.04. The maximum Gasteiger partial charge on any atom is 0.169 e. The highest BCUT2D eigenvalue weighted by molar-refractivity contribution is 5.66. The molecule has 1 fully saturated rings. The van der Waals surface area contributed by atoms with Gasteiger partial charge in [0.25, 0.3) is 0 Å². The first-order valence-electron chi connectivity index (χ1n) is 4.73. The standard InChI is InChI=1S/C11H16O3/c1-10(5-7-12)4-3-6-11(2)13-8-9-14-11/h3-5,7H,6,8-9H2,1-2H3. The smallest absolute Gasteiger partial charge is 0.169 e. The topological polar surface area (TPSA) is 35.5 Å². The second-order valence-corrected chi connectivity index (χ2v) is 3.48. The van der Waals surface area contributed by atoms with Gasteiger partial charge >= 0.3 is 0 Å². The van der Waals surface area contributed by atoms with Crippen LogP contribution in [0.5, 0.6) is 0 Å². The molecule has 1 saturated heterocycles. The minimum Gasteiger partial charge on any atom is -0.348 e. The van der Waals surface area contributed by atoms with Crippen LogP contribution in [0, 0.1) is 0 Å². The molecule has 3 nitrogen and oxygen atoms in total. The van der Waals surface area contributed by atoms with E-state index in [1.165, 1.54) is 6.08 Å². The lowest BCUT2D eigenvalue weighted by Crippen LogP contribution is -2.24. The molecule has 0 bridgehead atoms. The lowest BCUT2D eigenvalue weighted by atomic mass is 10.2. The van der Waals surface area contributed by atoms with Crippen LogP contribution in [0.15, 0.2) is 23.8 Å². The molecule has 0 aromatic carbocycles. The predicted molar refractivity (Wildman–Crippen MR) is 53.9 cm³/mol. The maximum atomic E-state index is 10.1. The zero-order valence-electron chi connectivity index (χ0n) is 8.66. The fourth-order valence-electron chi connectivity index (χ4n) is 1.30. The van der Waals surface area contributed by atoms with E-state index < -0.39 is 5.79 Å². The minimum absolute atomic E-state index is 0.474. The number of hydrogen-bond donors (Lipinski definition) is 0. The van der Waals surface area contributed by atoms with Crippen LogP contribution in [0.2, 0.25) is 0 Å². The third kappa shape index (κ3) is 3.44. The first-order valence-corrected chi connectivity index (χ1v) is 4.73. The van der Waals surface area contributed by atoms with E-state index in [1.54, 1.807) is 0 Å². The van der Waals surface area contributed by atoms with Crippen LogP contribution in [-0.4, -0.2) is 25.3 Å². The molecule has 0 unspecified atom stereocenters. The summed E-state index contributed by atoms with van der Waals surface area (Å²) in [4.78, 5) is 10.1. The maximum absolute atomic E-state index is 10.1. The molecule has 1 aliphatic rings. The van der Waals surface area contributed by atoms with Crippen molar-refractivity contribution in [3.63, 3.8) is 0 Å².